The molecule has 3 aromatic rings. The van der Waals surface area contributed by atoms with Crippen molar-refractivity contribution in [3.8, 4) is 17.2 Å². The molecule has 0 spiro atoms. The molecule has 1 N–H and O–H groups in total. The van der Waals surface area contributed by atoms with Crippen LogP contribution in [0.4, 0.5) is 5.69 Å². The Kier molecular flexibility index (Phi) is 5.71. The number of nitrogens with one attached hydrogen (secondary N) is 1. The van der Waals surface area contributed by atoms with Gasteiger partial charge in [0.1, 0.15) is 0 Å². The maximum Gasteiger partial charge on any atom is 0.213 e. The molecule has 6 nitrogen and oxygen atoms in total. The zero-order valence-corrected chi connectivity index (χ0v) is 17.7. The number of benzene rings is 2. The first-order valence-electron chi connectivity index (χ1n) is 10.1. The van der Waals surface area contributed by atoms with Crippen molar-refractivity contribution < 1.29 is 8.42 Å². The van der Waals surface area contributed by atoms with Crippen molar-refractivity contribution in [1.29, 1.82) is 5.26 Å². The summed E-state index contributed by atoms with van der Waals surface area (Å²) >= 11 is 0. The Bertz CT molecular complexity index is 1190. The summed E-state index contributed by atoms with van der Waals surface area (Å²) in [6.07, 6.45) is 5.17. The minimum Gasteiger partial charge on any atom is -0.382 e. The van der Waals surface area contributed by atoms with Crippen molar-refractivity contribution >= 4 is 26.5 Å². The Hall–Kier alpha value is -2.95. The molecular formula is C23H24N4O2S. The first-order valence-corrected chi connectivity index (χ1v) is 11.7. The van der Waals surface area contributed by atoms with E-state index < -0.39 is 10.0 Å². The number of rotatable bonds is 5. The van der Waals surface area contributed by atoms with Gasteiger partial charge in [-0.15, -0.1) is 0 Å². The first kappa shape index (κ1) is 20.3. The van der Waals surface area contributed by atoms with Crippen molar-refractivity contribution in [3.63, 3.8) is 0 Å². The van der Waals surface area contributed by atoms with E-state index in [0.29, 0.717) is 18.7 Å². The Balaban J connectivity index is 1.61. The van der Waals surface area contributed by atoms with Crippen LogP contribution < -0.4 is 5.32 Å². The molecule has 0 bridgehead atoms. The van der Waals surface area contributed by atoms with Gasteiger partial charge in [0.2, 0.25) is 10.0 Å². The summed E-state index contributed by atoms with van der Waals surface area (Å²) in [6.45, 7) is 2.77. The number of hydrogen-bond acceptors (Lipinski definition) is 5. The fourth-order valence-corrected chi connectivity index (χ4v) is 5.03. The van der Waals surface area contributed by atoms with Gasteiger partial charge in [-0.3, -0.25) is 4.98 Å². The van der Waals surface area contributed by atoms with Gasteiger partial charge in [0, 0.05) is 42.6 Å². The fourth-order valence-electron chi connectivity index (χ4n) is 3.90. The minimum absolute atomic E-state index is 0.147. The summed E-state index contributed by atoms with van der Waals surface area (Å²) < 4.78 is 25.8. The molecule has 0 aliphatic carbocycles. The van der Waals surface area contributed by atoms with Crippen molar-refractivity contribution in [1.82, 2.24) is 9.29 Å². The molecule has 154 valence electrons. The highest BCUT2D eigenvalue weighted by Crippen LogP contribution is 2.32. The third-order valence-electron chi connectivity index (χ3n) is 5.67. The molecule has 0 atom stereocenters. The molecule has 1 aliphatic heterocycles. The van der Waals surface area contributed by atoms with E-state index in [1.807, 2.05) is 36.5 Å². The van der Waals surface area contributed by atoms with E-state index in [1.54, 1.807) is 17.4 Å². The average molecular weight is 421 g/mol. The van der Waals surface area contributed by atoms with Crippen molar-refractivity contribution in [3.05, 3.63) is 60.4 Å². The minimum atomic E-state index is -3.13. The van der Waals surface area contributed by atoms with Gasteiger partial charge in [0.15, 0.2) is 0 Å². The third kappa shape index (κ3) is 4.16. The van der Waals surface area contributed by atoms with Crippen molar-refractivity contribution in [2.75, 3.05) is 24.2 Å². The second kappa shape index (κ2) is 8.42. The SMILES string of the molecule is CCS(=O)(=O)N1CCC(Nc2cc(-c3ccc(C#N)cc3)cc3ccncc23)CC1. The van der Waals surface area contributed by atoms with Gasteiger partial charge >= 0.3 is 0 Å². The van der Waals surface area contributed by atoms with Crippen molar-refractivity contribution in [2.24, 2.45) is 0 Å². The largest absolute Gasteiger partial charge is 0.382 e. The van der Waals surface area contributed by atoms with E-state index in [4.69, 9.17) is 5.26 Å². The lowest BCUT2D eigenvalue weighted by Gasteiger charge is -2.32. The summed E-state index contributed by atoms with van der Waals surface area (Å²) in [7, 11) is -3.13. The lowest BCUT2D eigenvalue weighted by Crippen LogP contribution is -2.42. The summed E-state index contributed by atoms with van der Waals surface area (Å²) in [5.41, 5.74) is 3.74. The molecule has 7 heteroatoms. The summed E-state index contributed by atoms with van der Waals surface area (Å²) in [5, 5.41) is 14.8. The summed E-state index contributed by atoms with van der Waals surface area (Å²) in [6, 6.07) is 16.1. The lowest BCUT2D eigenvalue weighted by molar-refractivity contribution is 0.330. The van der Waals surface area contributed by atoms with Gasteiger partial charge in [-0.1, -0.05) is 12.1 Å². The predicted molar refractivity (Wildman–Crippen MR) is 120 cm³/mol. The molecule has 2 aromatic carbocycles. The number of fused-ring (bicyclic) bond motifs is 1. The van der Waals surface area contributed by atoms with Crippen LogP contribution in [0.5, 0.6) is 0 Å². The zero-order chi connectivity index (χ0) is 21.1. The van der Waals surface area contributed by atoms with Gasteiger partial charge in [-0.25, -0.2) is 12.7 Å². The maximum atomic E-state index is 12.1. The first-order chi connectivity index (χ1) is 14.5. The van der Waals surface area contributed by atoms with E-state index >= 15 is 0 Å². The number of pyridine rings is 1. The van der Waals surface area contributed by atoms with Crippen LogP contribution in [-0.2, 0) is 10.0 Å². The summed E-state index contributed by atoms with van der Waals surface area (Å²) in [5.74, 6) is 0.147. The standard InChI is InChI=1S/C23H24N4O2S/c1-2-30(28,29)27-11-8-21(9-12-27)26-23-14-20(13-19-7-10-25-16-22(19)23)18-5-3-17(15-24)4-6-18/h3-7,10,13-14,16,21,26H,2,8-9,11-12H2,1H3. The number of hydrogen-bond donors (Lipinski definition) is 1. The lowest BCUT2D eigenvalue weighted by atomic mass is 9.98. The van der Waals surface area contributed by atoms with Crippen LogP contribution in [0.2, 0.25) is 0 Å². The highest BCUT2D eigenvalue weighted by molar-refractivity contribution is 7.89. The summed E-state index contributed by atoms with van der Waals surface area (Å²) in [4.78, 5) is 4.28. The van der Waals surface area contributed by atoms with E-state index in [0.717, 1.165) is 40.4 Å². The van der Waals surface area contributed by atoms with Gasteiger partial charge in [0.25, 0.3) is 0 Å². The molecule has 1 aliphatic rings. The Labute approximate surface area is 177 Å². The van der Waals surface area contributed by atoms with Crippen LogP contribution >= 0.6 is 0 Å². The highest BCUT2D eigenvalue weighted by Gasteiger charge is 2.26. The second-order valence-electron chi connectivity index (χ2n) is 7.53. The third-order valence-corrected chi connectivity index (χ3v) is 7.56. The van der Waals surface area contributed by atoms with Crippen molar-refractivity contribution in [2.45, 2.75) is 25.8 Å². The van der Waals surface area contributed by atoms with Crippen LogP contribution in [0.3, 0.4) is 0 Å². The van der Waals surface area contributed by atoms with Gasteiger partial charge < -0.3 is 5.32 Å². The number of aromatic nitrogens is 1. The van der Waals surface area contributed by atoms with Crippen LogP contribution in [-0.4, -0.2) is 42.6 Å². The molecule has 1 fully saturated rings. The molecule has 2 heterocycles. The van der Waals surface area contributed by atoms with Crippen LogP contribution in [0.15, 0.2) is 54.9 Å². The molecule has 1 saturated heterocycles. The topological polar surface area (TPSA) is 86.1 Å². The Morgan fingerprint density at radius 2 is 1.87 bits per heavy atom. The van der Waals surface area contributed by atoms with E-state index in [2.05, 4.69) is 28.5 Å². The molecule has 0 radical (unpaired) electrons. The smallest absolute Gasteiger partial charge is 0.213 e. The molecule has 1 aromatic heterocycles. The number of anilines is 1. The fraction of sp³-hybridized carbons (Fsp3) is 0.304. The number of piperidine rings is 1. The van der Waals surface area contributed by atoms with Crippen LogP contribution in [0.25, 0.3) is 21.9 Å². The average Bonchev–Trinajstić information content (AvgIpc) is 2.79. The molecule has 30 heavy (non-hydrogen) atoms. The number of sulfonamides is 1. The second-order valence-corrected chi connectivity index (χ2v) is 9.79. The van der Waals surface area contributed by atoms with Crippen LogP contribution in [0.1, 0.15) is 25.3 Å². The maximum absolute atomic E-state index is 12.1. The van der Waals surface area contributed by atoms with Gasteiger partial charge in [0.05, 0.1) is 17.4 Å². The predicted octanol–water partition coefficient (Wildman–Crippen LogP) is 4.00. The number of nitriles is 1. The normalized spacial score (nSPS) is 15.7. The quantitative estimate of drug-likeness (QED) is 0.674. The molecule has 0 saturated carbocycles. The zero-order valence-electron chi connectivity index (χ0n) is 16.9. The Morgan fingerprint density at radius 3 is 2.53 bits per heavy atom. The highest BCUT2D eigenvalue weighted by atomic mass is 32.2. The molecule has 0 amide bonds. The number of nitrogens with zero attached hydrogens (tertiary/aromatic N) is 3. The van der Waals surface area contributed by atoms with Gasteiger partial charge in [-0.05, 0) is 66.6 Å². The van der Waals surface area contributed by atoms with E-state index in [-0.39, 0.29) is 11.8 Å². The molecule has 0 unspecified atom stereocenters. The molecule has 4 rings (SSSR count). The monoisotopic (exact) mass is 420 g/mol. The van der Waals surface area contributed by atoms with Crippen LogP contribution in [0, 0.1) is 11.3 Å². The van der Waals surface area contributed by atoms with E-state index in [1.165, 1.54) is 0 Å². The molecular weight excluding hydrogens is 396 g/mol. The van der Waals surface area contributed by atoms with E-state index in [9.17, 15) is 8.42 Å². The Morgan fingerprint density at radius 1 is 1.13 bits per heavy atom. The van der Waals surface area contributed by atoms with Gasteiger partial charge in [-0.2, -0.15) is 5.26 Å².